The van der Waals surface area contributed by atoms with E-state index in [1.807, 2.05) is 0 Å². The quantitative estimate of drug-likeness (QED) is 0.0480. The summed E-state index contributed by atoms with van der Waals surface area (Å²) in [6.45, 7) is 11.5. The first-order valence-electron chi connectivity index (χ1n) is 15.0. The van der Waals surface area contributed by atoms with Crippen molar-refractivity contribution >= 4 is 16.1 Å². The van der Waals surface area contributed by atoms with Crippen LogP contribution in [0.1, 0.15) is 130 Å². The van der Waals surface area contributed by atoms with Gasteiger partial charge in [0.25, 0.3) is 10.1 Å². The zero-order valence-electron chi connectivity index (χ0n) is 24.9. The van der Waals surface area contributed by atoms with Gasteiger partial charge in [0, 0.05) is 19.5 Å². The van der Waals surface area contributed by atoms with E-state index in [-0.39, 0.29) is 12.6 Å². The number of carbonyl (C=O) groups excluding carboxylic acids is 1. The maximum absolute atomic E-state index is 12.4. The van der Waals surface area contributed by atoms with Gasteiger partial charge in [-0.2, -0.15) is 8.42 Å². The molecule has 0 aromatic carbocycles. The molecule has 0 aromatic heterocycles. The fourth-order valence-electron chi connectivity index (χ4n) is 4.37. The smallest absolute Gasteiger partial charge is 0.305 e. The third-order valence-corrected chi connectivity index (χ3v) is 7.32. The van der Waals surface area contributed by atoms with Crippen LogP contribution in [-0.4, -0.2) is 58.4 Å². The van der Waals surface area contributed by atoms with Crippen LogP contribution < -0.4 is 0 Å². The number of hydrogen-bond acceptors (Lipinski definition) is 6. The van der Waals surface area contributed by atoms with Crippen molar-refractivity contribution in [2.24, 2.45) is 5.92 Å². The number of hydrogen-bond donors (Lipinski definition) is 0. The highest BCUT2D eigenvalue weighted by molar-refractivity contribution is 7.85. The molecule has 6 nitrogen and oxygen atoms in total. The van der Waals surface area contributed by atoms with Crippen molar-refractivity contribution in [2.75, 3.05) is 39.1 Å². The van der Waals surface area contributed by atoms with Crippen molar-refractivity contribution in [3.05, 3.63) is 11.6 Å². The molecule has 0 aromatic rings. The lowest BCUT2D eigenvalue weighted by Gasteiger charge is -2.20. The Hall–Kier alpha value is -0.920. The van der Waals surface area contributed by atoms with Gasteiger partial charge in [0.05, 0.1) is 19.5 Å². The van der Waals surface area contributed by atoms with E-state index in [0.29, 0.717) is 25.5 Å². The van der Waals surface area contributed by atoms with Crippen LogP contribution in [0.5, 0.6) is 0 Å². The van der Waals surface area contributed by atoms with Gasteiger partial charge in [-0.25, -0.2) is 0 Å². The molecule has 0 spiro atoms. The van der Waals surface area contributed by atoms with Crippen molar-refractivity contribution in [1.82, 2.24) is 4.90 Å². The van der Waals surface area contributed by atoms with Gasteiger partial charge in [-0.3, -0.25) is 13.9 Å². The number of esters is 1. The lowest BCUT2D eigenvalue weighted by Crippen LogP contribution is -2.29. The molecular formula is C30H59NO5S. The first-order chi connectivity index (χ1) is 17.7. The molecule has 37 heavy (non-hydrogen) atoms. The Morgan fingerprint density at radius 3 is 1.97 bits per heavy atom. The van der Waals surface area contributed by atoms with Gasteiger partial charge in [0.2, 0.25) is 0 Å². The summed E-state index contributed by atoms with van der Waals surface area (Å²) in [6.07, 6.45) is 21.7. The average molecular weight is 546 g/mol. The maximum atomic E-state index is 12.4. The first-order valence-corrected chi connectivity index (χ1v) is 16.8. The lowest BCUT2D eigenvalue weighted by molar-refractivity contribution is -0.145. The Bertz CT molecular complexity index is 673. The van der Waals surface area contributed by atoms with Crippen LogP contribution in [0.2, 0.25) is 0 Å². The van der Waals surface area contributed by atoms with Crippen LogP contribution in [0.4, 0.5) is 0 Å². The zero-order chi connectivity index (χ0) is 27.8. The number of unbranched alkanes of at least 4 members (excludes halogenated alkanes) is 10. The van der Waals surface area contributed by atoms with E-state index in [2.05, 4.69) is 38.7 Å². The van der Waals surface area contributed by atoms with E-state index in [1.165, 1.54) is 82.6 Å². The minimum absolute atomic E-state index is 0.0653. The standard InChI is InChI=1S/C30H59NO5S/c1-6-8-10-12-13-16-20-29(19-15-11-9-7-2)27-35-30(32)21-17-14-18-23-31(24-22-28(3)4)25-26-36-37(5,33)34/h22,29H,6-21,23-27H2,1-5H3. The Kier molecular flexibility index (Phi) is 23.5. The molecular weight excluding hydrogens is 486 g/mol. The highest BCUT2D eigenvalue weighted by atomic mass is 32.2. The molecule has 0 saturated heterocycles. The van der Waals surface area contributed by atoms with Crippen LogP contribution in [0.15, 0.2) is 11.6 Å². The van der Waals surface area contributed by atoms with E-state index in [4.69, 9.17) is 8.92 Å². The third kappa shape index (κ3) is 26.5. The van der Waals surface area contributed by atoms with Crippen molar-refractivity contribution in [2.45, 2.75) is 130 Å². The molecule has 0 rings (SSSR count). The molecule has 0 amide bonds. The van der Waals surface area contributed by atoms with E-state index < -0.39 is 10.1 Å². The molecule has 0 radical (unpaired) electrons. The van der Waals surface area contributed by atoms with Crippen molar-refractivity contribution < 1.29 is 22.1 Å². The zero-order valence-corrected chi connectivity index (χ0v) is 25.7. The van der Waals surface area contributed by atoms with Gasteiger partial charge in [-0.15, -0.1) is 0 Å². The molecule has 0 saturated carbocycles. The molecule has 0 aliphatic carbocycles. The van der Waals surface area contributed by atoms with E-state index in [1.54, 1.807) is 0 Å². The van der Waals surface area contributed by atoms with E-state index in [9.17, 15) is 13.2 Å². The normalized spacial score (nSPS) is 12.6. The van der Waals surface area contributed by atoms with Gasteiger partial charge < -0.3 is 4.74 Å². The highest BCUT2D eigenvalue weighted by Gasteiger charge is 2.13. The molecule has 1 atom stereocenters. The largest absolute Gasteiger partial charge is 0.465 e. The molecule has 0 aliphatic rings. The SMILES string of the molecule is CCCCCCCCC(CCCCCC)COC(=O)CCCCCN(CC=C(C)C)CCOS(C)(=O)=O. The number of ether oxygens (including phenoxy) is 1. The molecule has 0 aliphatic heterocycles. The minimum Gasteiger partial charge on any atom is -0.465 e. The number of allylic oxidation sites excluding steroid dienone is 1. The predicted octanol–water partition coefficient (Wildman–Crippen LogP) is 7.67. The second-order valence-corrected chi connectivity index (χ2v) is 12.5. The van der Waals surface area contributed by atoms with E-state index in [0.717, 1.165) is 38.6 Å². The second kappa shape index (κ2) is 24.1. The number of rotatable bonds is 26. The highest BCUT2D eigenvalue weighted by Crippen LogP contribution is 2.20. The summed E-state index contributed by atoms with van der Waals surface area (Å²) in [5.41, 5.74) is 1.23. The second-order valence-electron chi connectivity index (χ2n) is 10.9. The summed E-state index contributed by atoms with van der Waals surface area (Å²) < 4.78 is 33.0. The first kappa shape index (κ1) is 36.1. The van der Waals surface area contributed by atoms with Crippen LogP contribution in [0.3, 0.4) is 0 Å². The monoisotopic (exact) mass is 545 g/mol. The number of carbonyl (C=O) groups is 1. The van der Waals surface area contributed by atoms with Crippen molar-refractivity contribution in [3.63, 3.8) is 0 Å². The summed E-state index contributed by atoms with van der Waals surface area (Å²) in [5, 5.41) is 0. The summed E-state index contributed by atoms with van der Waals surface area (Å²) >= 11 is 0. The maximum Gasteiger partial charge on any atom is 0.305 e. The molecule has 0 fully saturated rings. The van der Waals surface area contributed by atoms with Gasteiger partial charge in [-0.05, 0) is 52.0 Å². The third-order valence-electron chi connectivity index (χ3n) is 6.73. The predicted molar refractivity (Wildman–Crippen MR) is 156 cm³/mol. The molecule has 7 heteroatoms. The molecule has 220 valence electrons. The fraction of sp³-hybridized carbons (Fsp3) is 0.900. The Morgan fingerprint density at radius 1 is 0.811 bits per heavy atom. The van der Waals surface area contributed by atoms with Crippen LogP contribution in [0, 0.1) is 5.92 Å². The van der Waals surface area contributed by atoms with Crippen molar-refractivity contribution in [3.8, 4) is 0 Å². The Morgan fingerprint density at radius 2 is 1.38 bits per heavy atom. The molecule has 0 bridgehead atoms. The minimum atomic E-state index is -3.41. The van der Waals surface area contributed by atoms with E-state index >= 15 is 0 Å². The van der Waals surface area contributed by atoms with Crippen LogP contribution in [0.25, 0.3) is 0 Å². The Balaban J connectivity index is 4.26. The van der Waals surface area contributed by atoms with Crippen LogP contribution >= 0.6 is 0 Å². The van der Waals surface area contributed by atoms with Gasteiger partial charge >= 0.3 is 5.97 Å². The summed E-state index contributed by atoms with van der Waals surface area (Å²) in [6, 6.07) is 0. The summed E-state index contributed by atoms with van der Waals surface area (Å²) in [5.74, 6) is 0.439. The lowest BCUT2D eigenvalue weighted by atomic mass is 9.95. The van der Waals surface area contributed by atoms with Gasteiger partial charge in [0.1, 0.15) is 0 Å². The Labute approximate surface area is 230 Å². The van der Waals surface area contributed by atoms with Crippen molar-refractivity contribution in [1.29, 1.82) is 0 Å². The molecule has 0 N–H and O–H groups in total. The van der Waals surface area contributed by atoms with Gasteiger partial charge in [0.15, 0.2) is 0 Å². The molecule has 1 unspecified atom stereocenters. The fourth-order valence-corrected chi connectivity index (χ4v) is 4.75. The summed E-state index contributed by atoms with van der Waals surface area (Å²) in [7, 11) is -3.41. The number of nitrogens with zero attached hydrogens (tertiary/aromatic N) is 1. The summed E-state index contributed by atoms with van der Waals surface area (Å²) in [4.78, 5) is 14.6. The average Bonchev–Trinajstić information content (AvgIpc) is 2.83. The van der Waals surface area contributed by atoms with Crippen LogP contribution in [-0.2, 0) is 23.8 Å². The topological polar surface area (TPSA) is 72.9 Å². The van der Waals surface area contributed by atoms with Gasteiger partial charge in [-0.1, -0.05) is 96.1 Å². The molecule has 0 heterocycles.